The zero-order chi connectivity index (χ0) is 13.9. The molecule has 0 aliphatic heterocycles. The minimum Gasteiger partial charge on any atom is -0.286 e. The molecule has 3 atom stereocenters. The van der Waals surface area contributed by atoms with Crippen molar-refractivity contribution < 1.29 is 25.9 Å². The van der Waals surface area contributed by atoms with Crippen molar-refractivity contribution in [1.82, 2.24) is 0 Å². The van der Waals surface area contributed by atoms with Crippen LogP contribution >= 0.6 is 0 Å². The Kier molecular flexibility index (Phi) is 6.06. The Balaban J connectivity index is 4.93. The topological polar surface area (TPSA) is 109 Å². The average molecular weight is 288 g/mol. The van der Waals surface area contributed by atoms with Crippen LogP contribution in [0.3, 0.4) is 0 Å². The van der Waals surface area contributed by atoms with Crippen LogP contribution in [0.2, 0.25) is 0 Å². The zero-order valence-electron chi connectivity index (χ0n) is 10.2. The van der Waals surface area contributed by atoms with Crippen molar-refractivity contribution in [1.29, 1.82) is 0 Å². The molecule has 2 N–H and O–H groups in total. The van der Waals surface area contributed by atoms with Crippen molar-refractivity contribution >= 4 is 20.2 Å². The molecule has 8 heteroatoms. The molecule has 0 aromatic heterocycles. The summed E-state index contributed by atoms with van der Waals surface area (Å²) in [5.41, 5.74) is 0. The summed E-state index contributed by atoms with van der Waals surface area (Å²) in [6, 6.07) is 0. The summed E-state index contributed by atoms with van der Waals surface area (Å²) < 4.78 is 60.9. The Labute approximate surface area is 103 Å². The van der Waals surface area contributed by atoms with Crippen LogP contribution in [0.5, 0.6) is 0 Å². The molecule has 0 rings (SSSR count). The van der Waals surface area contributed by atoms with Gasteiger partial charge >= 0.3 is 0 Å². The fourth-order valence-electron chi connectivity index (χ4n) is 1.89. The zero-order valence-corrected chi connectivity index (χ0v) is 11.8. The van der Waals surface area contributed by atoms with Crippen LogP contribution < -0.4 is 0 Å². The summed E-state index contributed by atoms with van der Waals surface area (Å²) in [4.78, 5) is 0. The van der Waals surface area contributed by atoms with Crippen molar-refractivity contribution in [2.24, 2.45) is 17.8 Å². The highest BCUT2D eigenvalue weighted by atomic mass is 32.2. The summed E-state index contributed by atoms with van der Waals surface area (Å²) in [6.45, 7) is 5.19. The maximum Gasteiger partial charge on any atom is 0.265 e. The minimum absolute atomic E-state index is 0.0614. The molecule has 17 heavy (non-hydrogen) atoms. The molecule has 104 valence electrons. The summed E-state index contributed by atoms with van der Waals surface area (Å²) in [7, 11) is -8.30. The molecule has 0 aliphatic rings. The molecule has 0 bridgehead atoms. The van der Waals surface area contributed by atoms with E-state index in [0.29, 0.717) is 6.42 Å². The van der Waals surface area contributed by atoms with Crippen LogP contribution in [-0.4, -0.2) is 37.4 Å². The van der Waals surface area contributed by atoms with E-state index < -0.39 is 43.6 Å². The van der Waals surface area contributed by atoms with Gasteiger partial charge in [-0.25, -0.2) is 0 Å². The van der Waals surface area contributed by atoms with E-state index in [9.17, 15) is 16.8 Å². The summed E-state index contributed by atoms with van der Waals surface area (Å²) in [6.07, 6.45) is 0.663. The molecular formula is C9H20O6S2. The Bertz CT molecular complexity index is 424. The van der Waals surface area contributed by atoms with Gasteiger partial charge in [0.15, 0.2) is 0 Å². The maximum absolute atomic E-state index is 10.9. The van der Waals surface area contributed by atoms with E-state index in [4.69, 9.17) is 9.11 Å². The van der Waals surface area contributed by atoms with E-state index in [1.807, 2.05) is 6.92 Å². The van der Waals surface area contributed by atoms with Crippen LogP contribution in [-0.2, 0) is 20.2 Å². The molecule has 0 radical (unpaired) electrons. The largest absolute Gasteiger partial charge is 0.286 e. The third-order valence-corrected chi connectivity index (χ3v) is 4.74. The highest BCUT2D eigenvalue weighted by molar-refractivity contribution is 7.86. The number of hydrogen-bond acceptors (Lipinski definition) is 4. The van der Waals surface area contributed by atoms with Crippen LogP contribution in [0.25, 0.3) is 0 Å². The fourth-order valence-corrected chi connectivity index (χ4v) is 3.95. The van der Waals surface area contributed by atoms with Crippen molar-refractivity contribution in [3.63, 3.8) is 0 Å². The van der Waals surface area contributed by atoms with E-state index in [0.717, 1.165) is 0 Å². The Morgan fingerprint density at radius 2 is 1.29 bits per heavy atom. The van der Waals surface area contributed by atoms with Gasteiger partial charge in [0.2, 0.25) is 0 Å². The van der Waals surface area contributed by atoms with Gasteiger partial charge in [0, 0.05) is 0 Å². The first-order valence-corrected chi connectivity index (χ1v) is 8.58. The molecule has 0 amide bonds. The number of hydrogen-bond donors (Lipinski definition) is 2. The van der Waals surface area contributed by atoms with Crippen molar-refractivity contribution in [3.8, 4) is 0 Å². The molecule has 6 nitrogen and oxygen atoms in total. The SMILES string of the molecule is CCC(C)C(CS(=O)(=O)O)C(C)CS(=O)(=O)O. The van der Waals surface area contributed by atoms with Crippen LogP contribution in [0.4, 0.5) is 0 Å². The van der Waals surface area contributed by atoms with Gasteiger partial charge in [-0.1, -0.05) is 27.2 Å². The Hall–Kier alpha value is -0.180. The quantitative estimate of drug-likeness (QED) is 0.678. The first-order chi connectivity index (χ1) is 7.46. The van der Waals surface area contributed by atoms with Gasteiger partial charge in [-0.05, 0) is 17.8 Å². The molecule has 0 saturated carbocycles. The van der Waals surface area contributed by atoms with Crippen molar-refractivity contribution in [2.45, 2.75) is 27.2 Å². The van der Waals surface area contributed by atoms with Crippen molar-refractivity contribution in [3.05, 3.63) is 0 Å². The minimum atomic E-state index is -4.16. The highest BCUT2D eigenvalue weighted by Crippen LogP contribution is 2.26. The predicted molar refractivity (Wildman–Crippen MR) is 64.9 cm³/mol. The molecule has 0 aromatic carbocycles. The summed E-state index contributed by atoms with van der Waals surface area (Å²) >= 11 is 0. The van der Waals surface area contributed by atoms with Gasteiger partial charge in [0.1, 0.15) is 0 Å². The normalized spacial score (nSPS) is 18.6. The van der Waals surface area contributed by atoms with Crippen molar-refractivity contribution in [2.75, 3.05) is 11.5 Å². The van der Waals surface area contributed by atoms with E-state index in [2.05, 4.69) is 0 Å². The van der Waals surface area contributed by atoms with E-state index in [1.165, 1.54) is 0 Å². The smallest absolute Gasteiger partial charge is 0.265 e. The van der Waals surface area contributed by atoms with Gasteiger partial charge < -0.3 is 0 Å². The lowest BCUT2D eigenvalue weighted by molar-refractivity contribution is 0.283. The third-order valence-electron chi connectivity index (χ3n) is 2.98. The summed E-state index contributed by atoms with van der Waals surface area (Å²) in [5, 5.41) is 0. The predicted octanol–water partition coefficient (Wildman–Crippen LogP) is 1.06. The Morgan fingerprint density at radius 1 is 0.882 bits per heavy atom. The molecule has 0 saturated heterocycles. The molecule has 0 spiro atoms. The maximum atomic E-state index is 10.9. The first kappa shape index (κ1) is 16.8. The van der Waals surface area contributed by atoms with E-state index in [-0.39, 0.29) is 5.92 Å². The van der Waals surface area contributed by atoms with Crippen LogP contribution in [0, 0.1) is 17.8 Å². The second kappa shape index (κ2) is 6.12. The molecule has 3 unspecified atom stereocenters. The van der Waals surface area contributed by atoms with Gasteiger partial charge in [0.25, 0.3) is 20.2 Å². The van der Waals surface area contributed by atoms with Gasteiger partial charge in [-0.3, -0.25) is 9.11 Å². The average Bonchev–Trinajstić information content (AvgIpc) is 2.08. The van der Waals surface area contributed by atoms with E-state index >= 15 is 0 Å². The number of rotatable bonds is 7. The lowest BCUT2D eigenvalue weighted by atomic mass is 9.84. The monoisotopic (exact) mass is 288 g/mol. The molecular weight excluding hydrogens is 268 g/mol. The second-order valence-electron chi connectivity index (χ2n) is 4.52. The molecule has 0 aromatic rings. The van der Waals surface area contributed by atoms with Gasteiger partial charge in [-0.2, -0.15) is 16.8 Å². The fraction of sp³-hybridized carbons (Fsp3) is 1.00. The third kappa shape index (κ3) is 7.69. The second-order valence-corrected chi connectivity index (χ2v) is 7.52. The van der Waals surface area contributed by atoms with Gasteiger partial charge in [0.05, 0.1) is 11.5 Å². The lowest BCUT2D eigenvalue weighted by Gasteiger charge is -2.27. The lowest BCUT2D eigenvalue weighted by Crippen LogP contribution is -2.31. The molecule has 0 fully saturated rings. The van der Waals surface area contributed by atoms with E-state index in [1.54, 1.807) is 13.8 Å². The summed E-state index contributed by atoms with van der Waals surface area (Å²) in [5.74, 6) is -2.09. The molecule has 0 heterocycles. The van der Waals surface area contributed by atoms with Crippen LogP contribution in [0.15, 0.2) is 0 Å². The molecule has 0 aliphatic carbocycles. The van der Waals surface area contributed by atoms with Gasteiger partial charge in [-0.15, -0.1) is 0 Å². The van der Waals surface area contributed by atoms with Crippen LogP contribution in [0.1, 0.15) is 27.2 Å². The first-order valence-electron chi connectivity index (χ1n) is 5.36. The Morgan fingerprint density at radius 3 is 1.59 bits per heavy atom. The standard InChI is InChI=1S/C9H20O6S2/c1-4-7(2)9(6-17(13,14)15)8(3)5-16(10,11)12/h7-9H,4-6H2,1-3H3,(H,10,11,12)(H,13,14,15). The highest BCUT2D eigenvalue weighted by Gasteiger charge is 2.29.